The molecule has 0 saturated carbocycles. The first-order chi connectivity index (χ1) is 23.4. The molecule has 0 aromatic heterocycles. The van der Waals surface area contributed by atoms with E-state index < -0.39 is 94.3 Å². The molecule has 0 bridgehead atoms. The molecule has 1 aliphatic heterocycles. The van der Waals surface area contributed by atoms with Gasteiger partial charge in [-0.05, 0) is 58.9 Å². The minimum absolute atomic E-state index is 0.0881. The topological polar surface area (TPSA) is 191 Å². The number of nitrogens with one attached hydrogen (secondary N) is 2. The zero-order valence-corrected chi connectivity index (χ0v) is 31.9. The summed E-state index contributed by atoms with van der Waals surface area (Å²) in [6.07, 6.45) is -1.41. The molecule has 1 aromatic carbocycles. The maximum Gasteiger partial charge on any atom is 0.408 e. The van der Waals surface area contributed by atoms with Crippen LogP contribution in [0.2, 0.25) is 0 Å². The summed E-state index contributed by atoms with van der Waals surface area (Å²) in [5.41, 5.74) is 3.82. The number of alkyl carbamates (subject to hydrolysis) is 1. The van der Waals surface area contributed by atoms with Crippen molar-refractivity contribution in [1.29, 1.82) is 0 Å². The van der Waals surface area contributed by atoms with Crippen LogP contribution < -0.4 is 16.4 Å². The first kappa shape index (κ1) is 43.0. The molecule has 0 spiro atoms. The van der Waals surface area contributed by atoms with E-state index in [4.69, 9.17) is 15.2 Å². The highest BCUT2D eigenvalue weighted by Crippen LogP contribution is 2.31. The first-order valence-corrected chi connectivity index (χ1v) is 17.6. The lowest BCUT2D eigenvalue weighted by molar-refractivity contribution is -0.143. The predicted octanol–water partition coefficient (Wildman–Crippen LogP) is 4.35. The quantitative estimate of drug-likeness (QED) is 0.209. The second kappa shape index (κ2) is 17.9. The molecule has 51 heavy (non-hydrogen) atoms. The second-order valence-electron chi connectivity index (χ2n) is 16.3. The molecule has 0 radical (unpaired) electrons. The Morgan fingerprint density at radius 3 is 2.00 bits per heavy atom. The summed E-state index contributed by atoms with van der Waals surface area (Å²) in [7, 11) is 0. The third-order valence-corrected chi connectivity index (χ3v) is 8.24. The second-order valence-corrected chi connectivity index (χ2v) is 16.3. The Kier molecular flexibility index (Phi) is 15.1. The lowest BCUT2D eigenvalue weighted by Crippen LogP contribution is -2.57. The number of rotatable bonds is 16. The maximum atomic E-state index is 14.2. The van der Waals surface area contributed by atoms with E-state index in [1.165, 1.54) is 4.90 Å². The van der Waals surface area contributed by atoms with E-state index in [2.05, 4.69) is 10.6 Å². The smallest absolute Gasteiger partial charge is 0.408 e. The van der Waals surface area contributed by atoms with Gasteiger partial charge in [-0.25, -0.2) is 4.79 Å². The van der Waals surface area contributed by atoms with E-state index in [1.807, 2.05) is 27.7 Å². The van der Waals surface area contributed by atoms with Crippen LogP contribution in [0.25, 0.3) is 0 Å². The molecule has 4 N–H and O–H groups in total. The number of hydrogen-bond donors (Lipinski definition) is 3. The Labute approximate surface area is 302 Å². The van der Waals surface area contributed by atoms with Gasteiger partial charge in [0.1, 0.15) is 17.7 Å². The van der Waals surface area contributed by atoms with Crippen LogP contribution in [-0.4, -0.2) is 82.0 Å². The number of nitrogens with two attached hydrogens (primary N) is 1. The molecule has 1 aromatic rings. The standard InChI is InChI=1S/C38H58N4O9/c1-11-15-24(31(46)27(43)18-19-29(45)40-30(33(39)47)23-16-13-12-14-17-23)20-28(44)26-21-25(50-37(5,6)7)22-42(26)34(48)32(36(2,3)4)41-35(49)51-38(8,9)10/h12-14,16-17,24-26,30,32H,11,15,18-22H2,1-10H3,(H2,39,47)(H,40,45)(H,41,49)/t24?,25-,26+,30+,32-/m1/s1. The number of ether oxygens (including phenoxy) is 2. The molecule has 1 unspecified atom stereocenters. The van der Waals surface area contributed by atoms with E-state index in [0.717, 1.165) is 0 Å². The van der Waals surface area contributed by atoms with Crippen molar-refractivity contribution < 1.29 is 43.0 Å². The van der Waals surface area contributed by atoms with Gasteiger partial charge >= 0.3 is 6.09 Å². The number of primary amides is 1. The maximum absolute atomic E-state index is 14.2. The minimum atomic E-state index is -1.10. The van der Waals surface area contributed by atoms with Crippen molar-refractivity contribution in [1.82, 2.24) is 15.5 Å². The molecular formula is C38H58N4O9. The van der Waals surface area contributed by atoms with E-state index in [-0.39, 0.29) is 32.2 Å². The molecule has 1 heterocycles. The molecule has 5 atom stereocenters. The van der Waals surface area contributed by atoms with Crippen molar-refractivity contribution in [2.24, 2.45) is 17.1 Å². The number of nitrogens with zero attached hydrogens (tertiary/aromatic N) is 1. The Morgan fingerprint density at radius 2 is 1.49 bits per heavy atom. The Hall–Kier alpha value is -4.13. The summed E-state index contributed by atoms with van der Waals surface area (Å²) in [4.78, 5) is 93.6. The van der Waals surface area contributed by atoms with E-state index in [0.29, 0.717) is 12.0 Å². The van der Waals surface area contributed by atoms with Crippen molar-refractivity contribution >= 4 is 41.2 Å². The molecule has 1 fully saturated rings. The number of benzene rings is 1. The molecule has 1 saturated heterocycles. The van der Waals surface area contributed by atoms with Crippen molar-refractivity contribution in [2.75, 3.05) is 6.54 Å². The van der Waals surface area contributed by atoms with Gasteiger partial charge < -0.3 is 30.7 Å². The highest BCUT2D eigenvalue weighted by molar-refractivity contribution is 6.38. The zero-order valence-electron chi connectivity index (χ0n) is 31.9. The first-order valence-electron chi connectivity index (χ1n) is 17.6. The summed E-state index contributed by atoms with van der Waals surface area (Å²) in [6.45, 7) is 18.0. The van der Waals surface area contributed by atoms with E-state index in [1.54, 1.807) is 71.9 Å². The average molecular weight is 715 g/mol. The van der Waals surface area contributed by atoms with Gasteiger partial charge in [-0.15, -0.1) is 0 Å². The summed E-state index contributed by atoms with van der Waals surface area (Å²) >= 11 is 0. The van der Waals surface area contributed by atoms with Crippen LogP contribution in [-0.2, 0) is 38.2 Å². The fourth-order valence-corrected chi connectivity index (χ4v) is 6.00. The molecule has 4 amide bonds. The molecule has 0 aliphatic carbocycles. The number of carbonyl (C=O) groups is 7. The van der Waals surface area contributed by atoms with Crippen LogP contribution >= 0.6 is 0 Å². The van der Waals surface area contributed by atoms with Crippen LogP contribution in [0.4, 0.5) is 4.79 Å². The van der Waals surface area contributed by atoms with Crippen LogP contribution in [0.15, 0.2) is 30.3 Å². The average Bonchev–Trinajstić information content (AvgIpc) is 3.41. The summed E-state index contributed by atoms with van der Waals surface area (Å²) in [6, 6.07) is 5.28. The number of carbonyl (C=O) groups excluding carboxylic acids is 7. The Bertz CT molecular complexity index is 1420. The largest absolute Gasteiger partial charge is 0.444 e. The molecule has 13 heteroatoms. The molecule has 13 nitrogen and oxygen atoms in total. The van der Waals surface area contributed by atoms with Gasteiger partial charge in [-0.3, -0.25) is 28.8 Å². The van der Waals surface area contributed by atoms with Crippen molar-refractivity contribution in [3.05, 3.63) is 35.9 Å². The highest BCUT2D eigenvalue weighted by Gasteiger charge is 2.46. The fraction of sp³-hybridized carbons (Fsp3) is 0.658. The van der Waals surface area contributed by atoms with Crippen LogP contribution in [0.3, 0.4) is 0 Å². The third-order valence-electron chi connectivity index (χ3n) is 8.24. The molecular weight excluding hydrogens is 656 g/mol. The predicted molar refractivity (Wildman–Crippen MR) is 191 cm³/mol. The van der Waals surface area contributed by atoms with Crippen LogP contribution in [0, 0.1) is 11.3 Å². The molecule has 284 valence electrons. The van der Waals surface area contributed by atoms with Crippen molar-refractivity contribution in [2.45, 2.75) is 143 Å². The number of likely N-dealkylation sites (tertiary alicyclic amines) is 1. The van der Waals surface area contributed by atoms with Gasteiger partial charge in [0, 0.05) is 38.1 Å². The van der Waals surface area contributed by atoms with E-state index in [9.17, 15) is 33.6 Å². The van der Waals surface area contributed by atoms with Gasteiger partial charge in [-0.1, -0.05) is 64.4 Å². The summed E-state index contributed by atoms with van der Waals surface area (Å²) in [5.74, 6) is -4.85. The van der Waals surface area contributed by atoms with Gasteiger partial charge in [0.25, 0.3) is 0 Å². The lowest BCUT2D eigenvalue weighted by atomic mass is 9.85. The highest BCUT2D eigenvalue weighted by atomic mass is 16.6. The Balaban J connectivity index is 2.24. The normalized spacial score (nSPS) is 18.3. The monoisotopic (exact) mass is 714 g/mol. The third kappa shape index (κ3) is 13.8. The zero-order chi connectivity index (χ0) is 38.9. The van der Waals surface area contributed by atoms with E-state index >= 15 is 0 Å². The number of Topliss-reactive ketones (excluding diaryl/α,β-unsaturated/α-hetero) is 3. The summed E-state index contributed by atoms with van der Waals surface area (Å²) in [5, 5.41) is 5.21. The number of ketones is 3. The van der Waals surface area contributed by atoms with Crippen molar-refractivity contribution in [3.8, 4) is 0 Å². The molecule has 2 rings (SSSR count). The van der Waals surface area contributed by atoms with Gasteiger partial charge in [0.2, 0.25) is 23.5 Å². The van der Waals surface area contributed by atoms with Gasteiger partial charge in [-0.2, -0.15) is 0 Å². The van der Waals surface area contributed by atoms with Crippen LogP contribution in [0.1, 0.15) is 119 Å². The van der Waals surface area contributed by atoms with Crippen molar-refractivity contribution in [3.63, 3.8) is 0 Å². The van der Waals surface area contributed by atoms with Gasteiger partial charge in [0.05, 0.1) is 17.7 Å². The number of amides is 4. The fourth-order valence-electron chi connectivity index (χ4n) is 6.00. The summed E-state index contributed by atoms with van der Waals surface area (Å²) < 4.78 is 11.6. The SMILES string of the molecule is CCCC(CC(=O)[C@@H]1C[C@@H](OC(C)(C)C)CN1C(=O)[C@@H](NC(=O)OC(C)(C)C)C(C)(C)C)C(=O)C(=O)CCC(=O)N[C@H](C(N)=O)c1ccccc1. The van der Waals surface area contributed by atoms with Gasteiger partial charge in [0.15, 0.2) is 11.6 Å². The van der Waals surface area contributed by atoms with Crippen LogP contribution in [0.5, 0.6) is 0 Å². The minimum Gasteiger partial charge on any atom is -0.444 e. The lowest BCUT2D eigenvalue weighted by Gasteiger charge is -2.36. The molecule has 1 aliphatic rings. The Morgan fingerprint density at radius 1 is 0.882 bits per heavy atom. The number of hydrogen-bond acceptors (Lipinski definition) is 9.